The quantitative estimate of drug-likeness (QED) is 0.884. The molecule has 2 N–H and O–H groups in total. The van der Waals surface area contributed by atoms with Crippen molar-refractivity contribution in [1.82, 2.24) is 0 Å². The van der Waals surface area contributed by atoms with Crippen LogP contribution in [0.15, 0.2) is 12.1 Å². The van der Waals surface area contributed by atoms with Gasteiger partial charge in [0.2, 0.25) is 0 Å². The molecule has 0 amide bonds. The van der Waals surface area contributed by atoms with Gasteiger partial charge in [-0.3, -0.25) is 0 Å². The zero-order chi connectivity index (χ0) is 14.7. The topological polar surface area (TPSA) is 40.5 Å². The summed E-state index contributed by atoms with van der Waals surface area (Å²) >= 11 is 0. The van der Waals surface area contributed by atoms with Crippen molar-refractivity contribution in [1.29, 1.82) is 0 Å². The Kier molecular flexibility index (Phi) is 5.22. The Morgan fingerprint density at radius 1 is 1.00 bits per heavy atom. The first kappa shape index (κ1) is 15.5. The summed E-state index contributed by atoms with van der Waals surface area (Å²) in [5, 5.41) is 20.8. The van der Waals surface area contributed by atoms with Gasteiger partial charge in [-0.1, -0.05) is 37.0 Å². The highest BCUT2D eigenvalue weighted by Gasteiger charge is 2.28. The molecular formula is C18H28O2. The van der Waals surface area contributed by atoms with Gasteiger partial charge in [0, 0.05) is 6.42 Å². The summed E-state index contributed by atoms with van der Waals surface area (Å²) in [6.45, 7) is 6.28. The Balaban J connectivity index is 2.05. The van der Waals surface area contributed by atoms with Crippen molar-refractivity contribution in [3.63, 3.8) is 0 Å². The van der Waals surface area contributed by atoms with Crippen molar-refractivity contribution >= 4 is 0 Å². The third-order valence-corrected chi connectivity index (χ3v) is 4.78. The predicted octanol–water partition coefficient (Wildman–Crippen LogP) is 3.46. The van der Waals surface area contributed by atoms with Crippen LogP contribution in [-0.2, 0) is 6.42 Å². The molecule has 112 valence electrons. The molecule has 1 saturated carbocycles. The van der Waals surface area contributed by atoms with Crippen LogP contribution in [0, 0.1) is 26.7 Å². The lowest BCUT2D eigenvalue weighted by atomic mass is 9.81. The number of hydrogen-bond acceptors (Lipinski definition) is 2. The minimum atomic E-state index is -0.641. The summed E-state index contributed by atoms with van der Waals surface area (Å²) in [5.74, 6) is 0.282. The number of aryl methyl sites for hydroxylation is 3. The monoisotopic (exact) mass is 276 g/mol. The first-order valence-corrected chi connectivity index (χ1v) is 7.92. The van der Waals surface area contributed by atoms with E-state index in [1.807, 2.05) is 0 Å². The summed E-state index contributed by atoms with van der Waals surface area (Å²) in [5.41, 5.74) is 4.89. The molecule has 0 spiro atoms. The predicted molar refractivity (Wildman–Crippen MR) is 82.9 cm³/mol. The molecule has 0 bridgehead atoms. The third kappa shape index (κ3) is 3.62. The van der Waals surface area contributed by atoms with Crippen LogP contribution in [0.5, 0.6) is 0 Å². The molecule has 0 aromatic heterocycles. The molecule has 2 unspecified atom stereocenters. The van der Waals surface area contributed by atoms with Gasteiger partial charge in [-0.05, 0) is 56.2 Å². The standard InChI is InChI=1S/C18H28O2/c1-12-9-13(2)16(14(3)10-12)11-17(19)18(20)15-7-5-4-6-8-15/h9-10,15,17-20H,4-8,11H2,1-3H3. The van der Waals surface area contributed by atoms with Gasteiger partial charge >= 0.3 is 0 Å². The van der Waals surface area contributed by atoms with Crippen molar-refractivity contribution in [2.75, 3.05) is 0 Å². The molecule has 2 heteroatoms. The van der Waals surface area contributed by atoms with E-state index in [-0.39, 0.29) is 5.92 Å². The first-order valence-electron chi connectivity index (χ1n) is 7.92. The summed E-state index contributed by atoms with van der Waals surface area (Å²) in [6, 6.07) is 4.31. The van der Waals surface area contributed by atoms with E-state index in [2.05, 4.69) is 32.9 Å². The Morgan fingerprint density at radius 2 is 1.55 bits per heavy atom. The Bertz CT molecular complexity index is 424. The maximum Gasteiger partial charge on any atom is 0.0842 e. The van der Waals surface area contributed by atoms with Gasteiger partial charge in [0.05, 0.1) is 12.2 Å². The first-order chi connectivity index (χ1) is 9.49. The van der Waals surface area contributed by atoms with Crippen LogP contribution in [-0.4, -0.2) is 22.4 Å². The second-order valence-electron chi connectivity index (χ2n) is 6.54. The van der Waals surface area contributed by atoms with Crippen molar-refractivity contribution in [3.05, 3.63) is 34.4 Å². The van der Waals surface area contributed by atoms with E-state index >= 15 is 0 Å². The number of benzene rings is 1. The summed E-state index contributed by atoms with van der Waals surface area (Å²) in [6.07, 6.45) is 5.13. The van der Waals surface area contributed by atoms with Crippen molar-refractivity contribution in [2.45, 2.75) is 71.5 Å². The lowest BCUT2D eigenvalue weighted by Gasteiger charge is -2.30. The average molecular weight is 276 g/mol. The van der Waals surface area contributed by atoms with E-state index in [1.165, 1.54) is 41.5 Å². The molecule has 1 aromatic rings. The van der Waals surface area contributed by atoms with Gasteiger partial charge < -0.3 is 10.2 Å². The number of hydrogen-bond donors (Lipinski definition) is 2. The normalized spacial score (nSPS) is 19.9. The summed E-state index contributed by atoms with van der Waals surface area (Å²) in [4.78, 5) is 0. The van der Waals surface area contributed by atoms with Crippen LogP contribution < -0.4 is 0 Å². The SMILES string of the molecule is Cc1cc(C)c(CC(O)C(O)C2CCCCC2)c(C)c1. The van der Waals surface area contributed by atoms with E-state index in [1.54, 1.807) is 0 Å². The lowest BCUT2D eigenvalue weighted by molar-refractivity contribution is -0.0264. The van der Waals surface area contributed by atoms with Gasteiger partial charge in [-0.25, -0.2) is 0 Å². The van der Waals surface area contributed by atoms with E-state index in [9.17, 15) is 10.2 Å². The Hall–Kier alpha value is -0.860. The maximum absolute atomic E-state index is 10.4. The van der Waals surface area contributed by atoms with Crippen molar-refractivity contribution < 1.29 is 10.2 Å². The van der Waals surface area contributed by atoms with Gasteiger partial charge in [-0.2, -0.15) is 0 Å². The van der Waals surface area contributed by atoms with E-state index in [4.69, 9.17) is 0 Å². The van der Waals surface area contributed by atoms with Crippen molar-refractivity contribution in [2.24, 2.45) is 5.92 Å². The van der Waals surface area contributed by atoms with Gasteiger partial charge in [0.1, 0.15) is 0 Å². The summed E-state index contributed by atoms with van der Waals surface area (Å²) < 4.78 is 0. The molecule has 1 aliphatic rings. The second kappa shape index (κ2) is 6.73. The van der Waals surface area contributed by atoms with Crippen LogP contribution >= 0.6 is 0 Å². The van der Waals surface area contributed by atoms with E-state index in [0.29, 0.717) is 6.42 Å². The smallest absolute Gasteiger partial charge is 0.0842 e. The van der Waals surface area contributed by atoms with Crippen LogP contribution in [0.4, 0.5) is 0 Å². The largest absolute Gasteiger partial charge is 0.390 e. The van der Waals surface area contributed by atoms with Crippen LogP contribution in [0.1, 0.15) is 54.4 Å². The van der Waals surface area contributed by atoms with Crippen LogP contribution in [0.25, 0.3) is 0 Å². The van der Waals surface area contributed by atoms with Crippen molar-refractivity contribution in [3.8, 4) is 0 Å². The van der Waals surface area contributed by atoms with Crippen LogP contribution in [0.3, 0.4) is 0 Å². The molecule has 2 rings (SSSR count). The molecule has 1 fully saturated rings. The second-order valence-corrected chi connectivity index (χ2v) is 6.54. The third-order valence-electron chi connectivity index (χ3n) is 4.78. The highest BCUT2D eigenvalue weighted by atomic mass is 16.3. The highest BCUT2D eigenvalue weighted by Crippen LogP contribution is 2.29. The van der Waals surface area contributed by atoms with E-state index < -0.39 is 12.2 Å². The van der Waals surface area contributed by atoms with Crippen LogP contribution in [0.2, 0.25) is 0 Å². The summed E-state index contributed by atoms with van der Waals surface area (Å²) in [7, 11) is 0. The molecule has 0 saturated heterocycles. The molecule has 0 radical (unpaired) electrons. The molecule has 1 aromatic carbocycles. The van der Waals surface area contributed by atoms with Gasteiger partial charge in [-0.15, -0.1) is 0 Å². The number of aliphatic hydroxyl groups is 2. The Labute approximate surface area is 122 Å². The molecule has 2 atom stereocenters. The molecule has 2 nitrogen and oxygen atoms in total. The Morgan fingerprint density at radius 3 is 2.10 bits per heavy atom. The van der Waals surface area contributed by atoms with Gasteiger partial charge in [0.25, 0.3) is 0 Å². The fourth-order valence-electron chi connectivity index (χ4n) is 3.65. The number of rotatable bonds is 4. The van der Waals surface area contributed by atoms with Gasteiger partial charge in [0.15, 0.2) is 0 Å². The van der Waals surface area contributed by atoms with E-state index in [0.717, 1.165) is 12.8 Å². The minimum absolute atomic E-state index is 0.282. The fraction of sp³-hybridized carbons (Fsp3) is 0.667. The highest BCUT2D eigenvalue weighted by molar-refractivity contribution is 5.38. The molecule has 1 aliphatic carbocycles. The maximum atomic E-state index is 10.4. The average Bonchev–Trinajstić information content (AvgIpc) is 2.42. The molecule has 0 aliphatic heterocycles. The molecular weight excluding hydrogens is 248 g/mol. The molecule has 0 heterocycles. The zero-order valence-electron chi connectivity index (χ0n) is 13.0. The fourth-order valence-corrected chi connectivity index (χ4v) is 3.65. The zero-order valence-corrected chi connectivity index (χ0v) is 13.0. The molecule has 20 heavy (non-hydrogen) atoms. The minimum Gasteiger partial charge on any atom is -0.390 e. The lowest BCUT2D eigenvalue weighted by Crippen LogP contribution is -2.36. The number of aliphatic hydroxyl groups excluding tert-OH is 2.